The molecule has 0 saturated carbocycles. The zero-order chi connectivity index (χ0) is 23.3. The zero-order valence-corrected chi connectivity index (χ0v) is 18.8. The van der Waals surface area contributed by atoms with Gasteiger partial charge in [-0.3, -0.25) is 0 Å². The molecule has 32 heavy (non-hydrogen) atoms. The summed E-state index contributed by atoms with van der Waals surface area (Å²) in [5, 5.41) is 0. The number of sulfonamides is 1. The normalized spacial score (nSPS) is 24.6. The quantitative estimate of drug-likeness (QED) is 0.697. The number of rotatable bonds is 5. The lowest BCUT2D eigenvalue weighted by Crippen LogP contribution is -2.48. The fraction of sp³-hybridized carbons (Fsp3) is 0.429. The number of benzene rings is 2. The molecule has 11 heteroatoms. The third-order valence-electron chi connectivity index (χ3n) is 6.33. The molecule has 174 valence electrons. The number of hydrogen-bond donors (Lipinski definition) is 1. The Morgan fingerprint density at radius 3 is 2.06 bits per heavy atom. The van der Waals surface area contributed by atoms with E-state index in [1.165, 1.54) is 24.3 Å². The predicted molar refractivity (Wildman–Crippen MR) is 111 cm³/mol. The molecule has 2 fully saturated rings. The summed E-state index contributed by atoms with van der Waals surface area (Å²) in [5.41, 5.74) is -1.40. The van der Waals surface area contributed by atoms with Gasteiger partial charge in [-0.05, 0) is 63.1 Å². The third kappa shape index (κ3) is 4.30. The van der Waals surface area contributed by atoms with E-state index >= 15 is 0 Å². The molecule has 2 aliphatic heterocycles. The van der Waals surface area contributed by atoms with Gasteiger partial charge in [-0.15, -0.1) is 0 Å². The molecule has 4 rings (SSSR count). The number of sulfone groups is 1. The number of hydrogen-bond acceptors (Lipinski definition) is 5. The summed E-state index contributed by atoms with van der Waals surface area (Å²) in [7, 11) is -6.86. The maximum Gasteiger partial charge on any atom is 0.417 e. The maximum absolute atomic E-state index is 13.6. The Hall–Kier alpha value is -1.95. The first kappa shape index (κ1) is 23.2. The van der Waals surface area contributed by atoms with Crippen molar-refractivity contribution >= 4 is 19.9 Å². The molecule has 2 aromatic rings. The molecule has 1 N–H and O–H groups in total. The highest BCUT2D eigenvalue weighted by atomic mass is 32.2. The molecule has 2 bridgehead atoms. The van der Waals surface area contributed by atoms with Crippen molar-refractivity contribution in [1.29, 1.82) is 0 Å². The van der Waals surface area contributed by atoms with Crippen LogP contribution in [0.3, 0.4) is 0 Å². The molecule has 2 heterocycles. The molecule has 2 aliphatic rings. The SMILES string of the molecule is CN1[C@@H]2CC[C@H]1CC(NS(=O)(=O)c1cc(S(=O)(=O)c3ccccc3)ccc1C(F)(F)F)C2. The topological polar surface area (TPSA) is 83.6 Å². The summed E-state index contributed by atoms with van der Waals surface area (Å²) in [6.45, 7) is 0. The second-order valence-corrected chi connectivity index (χ2v) is 11.9. The average Bonchev–Trinajstić information content (AvgIpc) is 2.94. The number of alkyl halides is 3. The van der Waals surface area contributed by atoms with Crippen LogP contribution in [0, 0.1) is 0 Å². The predicted octanol–water partition coefficient (Wildman–Crippen LogP) is 3.44. The van der Waals surface area contributed by atoms with Gasteiger partial charge in [0.25, 0.3) is 0 Å². The van der Waals surface area contributed by atoms with E-state index in [2.05, 4.69) is 9.62 Å². The first-order valence-corrected chi connectivity index (χ1v) is 13.1. The number of nitrogens with one attached hydrogen (secondary N) is 1. The lowest BCUT2D eigenvalue weighted by Gasteiger charge is -2.36. The van der Waals surface area contributed by atoms with Crippen LogP contribution in [0.1, 0.15) is 31.2 Å². The smallest absolute Gasteiger partial charge is 0.300 e. The Morgan fingerprint density at radius 2 is 1.50 bits per heavy atom. The fourth-order valence-electron chi connectivity index (χ4n) is 4.65. The molecule has 2 aromatic carbocycles. The standard InChI is InChI=1S/C21H23F3N2O4S2/c1-26-15-7-8-16(26)12-14(11-15)25-32(29,30)20-13-18(9-10-19(20)21(22,23)24)31(27,28)17-5-3-2-4-6-17/h2-6,9-10,13-16,25H,7-8,11-12H2,1H3/t14?,15-,16+. The molecule has 3 atom stereocenters. The van der Waals surface area contributed by atoms with E-state index in [0.29, 0.717) is 25.0 Å². The van der Waals surface area contributed by atoms with Gasteiger partial charge in [-0.1, -0.05) is 18.2 Å². The molecule has 6 nitrogen and oxygen atoms in total. The summed E-state index contributed by atoms with van der Waals surface area (Å²) < 4.78 is 95.3. The van der Waals surface area contributed by atoms with Gasteiger partial charge in [0.1, 0.15) is 0 Å². The van der Waals surface area contributed by atoms with Crippen LogP contribution in [0.5, 0.6) is 0 Å². The van der Waals surface area contributed by atoms with E-state index in [4.69, 9.17) is 0 Å². The summed E-state index contributed by atoms with van der Waals surface area (Å²) in [4.78, 5) is 0.454. The van der Waals surface area contributed by atoms with E-state index in [1.807, 2.05) is 7.05 Å². The van der Waals surface area contributed by atoms with Crippen molar-refractivity contribution in [3.05, 3.63) is 54.1 Å². The van der Waals surface area contributed by atoms with Gasteiger partial charge in [0.15, 0.2) is 0 Å². The van der Waals surface area contributed by atoms with Gasteiger partial charge in [0, 0.05) is 18.1 Å². The van der Waals surface area contributed by atoms with Crippen molar-refractivity contribution in [2.24, 2.45) is 0 Å². The first-order chi connectivity index (χ1) is 14.9. The van der Waals surface area contributed by atoms with Crippen molar-refractivity contribution in [1.82, 2.24) is 9.62 Å². The summed E-state index contributed by atoms with van der Waals surface area (Å²) in [6.07, 6.45) is -2.15. The van der Waals surface area contributed by atoms with Crippen molar-refractivity contribution < 1.29 is 30.0 Å². The Labute approximate surface area is 185 Å². The van der Waals surface area contributed by atoms with Crippen molar-refractivity contribution in [3.8, 4) is 0 Å². The van der Waals surface area contributed by atoms with Gasteiger partial charge < -0.3 is 4.90 Å². The summed E-state index contributed by atoms with van der Waals surface area (Å²) in [6, 6.07) is 8.90. The zero-order valence-electron chi connectivity index (χ0n) is 17.2. The van der Waals surface area contributed by atoms with E-state index in [0.717, 1.165) is 18.9 Å². The third-order valence-corrected chi connectivity index (χ3v) is 9.66. The highest BCUT2D eigenvalue weighted by Crippen LogP contribution is 2.38. The van der Waals surface area contributed by atoms with Gasteiger partial charge in [-0.25, -0.2) is 21.6 Å². The van der Waals surface area contributed by atoms with Gasteiger partial charge in [0.05, 0.1) is 20.2 Å². The van der Waals surface area contributed by atoms with Crippen LogP contribution in [0.4, 0.5) is 13.2 Å². The number of nitrogens with zero attached hydrogens (tertiary/aromatic N) is 1. The monoisotopic (exact) mass is 488 g/mol. The Balaban J connectivity index is 1.73. The van der Waals surface area contributed by atoms with Crippen LogP contribution in [0.15, 0.2) is 63.2 Å². The van der Waals surface area contributed by atoms with Crippen molar-refractivity contribution in [2.75, 3.05) is 7.05 Å². The molecule has 0 aromatic heterocycles. The second kappa shape index (κ2) is 8.12. The minimum Gasteiger partial charge on any atom is -0.300 e. The largest absolute Gasteiger partial charge is 0.417 e. The van der Waals surface area contributed by atoms with Crippen LogP contribution in [0.2, 0.25) is 0 Å². The first-order valence-electron chi connectivity index (χ1n) is 10.2. The number of piperidine rings is 1. The fourth-order valence-corrected chi connectivity index (χ4v) is 7.55. The van der Waals surface area contributed by atoms with Crippen LogP contribution in [-0.4, -0.2) is 46.9 Å². The van der Waals surface area contributed by atoms with Crippen LogP contribution < -0.4 is 4.72 Å². The molecular formula is C21H23F3N2O4S2. The van der Waals surface area contributed by atoms with E-state index in [1.54, 1.807) is 6.07 Å². The second-order valence-electron chi connectivity index (χ2n) is 8.31. The highest BCUT2D eigenvalue weighted by molar-refractivity contribution is 7.91. The average molecular weight is 489 g/mol. The van der Waals surface area contributed by atoms with Gasteiger partial charge >= 0.3 is 6.18 Å². The lowest BCUT2D eigenvalue weighted by molar-refractivity contribution is -0.139. The lowest BCUT2D eigenvalue weighted by atomic mass is 9.99. The van der Waals surface area contributed by atoms with E-state index in [-0.39, 0.29) is 17.0 Å². The molecule has 0 amide bonds. The minimum atomic E-state index is -4.97. The molecule has 0 aliphatic carbocycles. The Kier molecular flexibility index (Phi) is 5.89. The van der Waals surface area contributed by atoms with Crippen LogP contribution in [-0.2, 0) is 26.0 Å². The van der Waals surface area contributed by atoms with Crippen LogP contribution in [0.25, 0.3) is 0 Å². The van der Waals surface area contributed by atoms with Gasteiger partial charge in [-0.2, -0.15) is 13.2 Å². The Morgan fingerprint density at radius 1 is 0.906 bits per heavy atom. The summed E-state index contributed by atoms with van der Waals surface area (Å²) >= 11 is 0. The van der Waals surface area contributed by atoms with E-state index in [9.17, 15) is 30.0 Å². The number of halogens is 3. The molecular weight excluding hydrogens is 465 g/mol. The molecule has 0 spiro atoms. The highest BCUT2D eigenvalue weighted by Gasteiger charge is 2.42. The maximum atomic E-state index is 13.6. The van der Waals surface area contributed by atoms with Crippen molar-refractivity contribution in [2.45, 2.75) is 64.7 Å². The van der Waals surface area contributed by atoms with Crippen molar-refractivity contribution in [3.63, 3.8) is 0 Å². The number of fused-ring (bicyclic) bond motifs is 2. The Bertz CT molecular complexity index is 1200. The molecule has 0 radical (unpaired) electrons. The van der Waals surface area contributed by atoms with E-state index < -0.39 is 47.4 Å². The minimum absolute atomic E-state index is 0.136. The molecule has 1 unspecified atom stereocenters. The van der Waals surface area contributed by atoms with Crippen LogP contribution >= 0.6 is 0 Å². The summed E-state index contributed by atoms with van der Waals surface area (Å²) in [5.74, 6) is 0. The molecule has 2 saturated heterocycles. The van der Waals surface area contributed by atoms with Gasteiger partial charge in [0.2, 0.25) is 19.9 Å².